The highest BCUT2D eigenvalue weighted by Gasteiger charge is 2.47. The van der Waals surface area contributed by atoms with Gasteiger partial charge in [-0.25, -0.2) is 0 Å². The highest BCUT2D eigenvalue weighted by atomic mass is 79.9. The predicted octanol–water partition coefficient (Wildman–Crippen LogP) is 5.17. The molecule has 2 saturated heterocycles. The van der Waals surface area contributed by atoms with Crippen molar-refractivity contribution in [3.8, 4) is 0 Å². The molecule has 0 aliphatic carbocycles. The number of thioether (sulfide) groups is 1. The van der Waals surface area contributed by atoms with Gasteiger partial charge in [0.2, 0.25) is 5.91 Å². The van der Waals surface area contributed by atoms with E-state index in [9.17, 15) is 9.59 Å². The van der Waals surface area contributed by atoms with Crippen molar-refractivity contribution in [1.29, 1.82) is 0 Å². The van der Waals surface area contributed by atoms with Crippen molar-refractivity contribution in [2.24, 2.45) is 5.92 Å². The van der Waals surface area contributed by atoms with E-state index in [1.165, 1.54) is 0 Å². The molecular weight excluding hydrogens is 436 g/mol. The van der Waals surface area contributed by atoms with Gasteiger partial charge in [-0.3, -0.25) is 9.59 Å². The summed E-state index contributed by atoms with van der Waals surface area (Å²) >= 11 is 5.33. The number of halogens is 1. The minimum Gasteiger partial charge on any atom is -0.342 e. The monoisotopic (exact) mass is 466 g/mol. The number of nitrogens with zero attached hydrogens (tertiary/aromatic N) is 2. The SMILES string of the molecule is CCCCC(CC)C(=O)N1CCC2(CC1)SCCN2C(=O)c1ccc(Br)cc1. The topological polar surface area (TPSA) is 40.6 Å². The lowest BCUT2D eigenvalue weighted by Gasteiger charge is -2.44. The van der Waals surface area contributed by atoms with Gasteiger partial charge in [-0.2, -0.15) is 0 Å². The van der Waals surface area contributed by atoms with Crippen LogP contribution in [0.1, 0.15) is 62.7 Å². The van der Waals surface area contributed by atoms with Gasteiger partial charge in [0.15, 0.2) is 0 Å². The van der Waals surface area contributed by atoms with Crippen molar-refractivity contribution in [2.75, 3.05) is 25.4 Å². The van der Waals surface area contributed by atoms with Crippen LogP contribution in [-0.2, 0) is 4.79 Å². The van der Waals surface area contributed by atoms with E-state index in [1.807, 2.05) is 36.0 Å². The summed E-state index contributed by atoms with van der Waals surface area (Å²) in [6, 6.07) is 7.62. The minimum atomic E-state index is -0.147. The molecule has 2 heterocycles. The molecule has 0 aromatic heterocycles. The summed E-state index contributed by atoms with van der Waals surface area (Å²) < 4.78 is 0.981. The molecule has 2 amide bonds. The average molecular weight is 467 g/mol. The molecule has 0 N–H and O–H groups in total. The van der Waals surface area contributed by atoms with E-state index >= 15 is 0 Å². The molecule has 0 bridgehead atoms. The molecule has 1 spiro atoms. The lowest BCUT2D eigenvalue weighted by molar-refractivity contribution is -0.137. The van der Waals surface area contributed by atoms with Crippen LogP contribution in [0.5, 0.6) is 0 Å². The molecule has 1 unspecified atom stereocenters. The zero-order valence-electron chi connectivity index (χ0n) is 17.0. The number of carbonyl (C=O) groups is 2. The molecule has 2 aliphatic rings. The van der Waals surface area contributed by atoms with Crippen molar-refractivity contribution in [2.45, 2.75) is 57.2 Å². The summed E-state index contributed by atoms with van der Waals surface area (Å²) in [7, 11) is 0. The summed E-state index contributed by atoms with van der Waals surface area (Å²) in [4.78, 5) is 30.0. The normalized spacial score (nSPS) is 19.8. The quantitative estimate of drug-likeness (QED) is 0.580. The van der Waals surface area contributed by atoms with E-state index in [4.69, 9.17) is 0 Å². The predicted molar refractivity (Wildman–Crippen MR) is 119 cm³/mol. The Kier molecular flexibility index (Phi) is 7.48. The number of rotatable bonds is 6. The first-order valence-electron chi connectivity index (χ1n) is 10.5. The summed E-state index contributed by atoms with van der Waals surface area (Å²) in [6.45, 7) is 6.62. The second kappa shape index (κ2) is 9.66. The standard InChI is InChI=1S/C22H31BrN2O2S/c1-3-5-6-17(4-2)20(26)24-13-11-22(12-14-24)25(15-16-28-22)21(27)18-7-9-19(23)10-8-18/h7-10,17H,3-6,11-16H2,1-2H3. The average Bonchev–Trinajstić information content (AvgIpc) is 3.12. The number of piperidine rings is 1. The first-order chi connectivity index (χ1) is 13.5. The third kappa shape index (κ3) is 4.59. The number of hydrogen-bond donors (Lipinski definition) is 0. The minimum absolute atomic E-state index is 0.117. The molecule has 1 aromatic rings. The zero-order valence-corrected chi connectivity index (χ0v) is 19.4. The Bertz CT molecular complexity index is 686. The first-order valence-corrected chi connectivity index (χ1v) is 12.3. The van der Waals surface area contributed by atoms with Crippen LogP contribution in [0.4, 0.5) is 0 Å². The highest BCUT2D eigenvalue weighted by molar-refractivity contribution is 9.10. The highest BCUT2D eigenvalue weighted by Crippen LogP contribution is 2.44. The van der Waals surface area contributed by atoms with Crippen molar-refractivity contribution in [3.63, 3.8) is 0 Å². The third-order valence-corrected chi connectivity index (χ3v) is 8.20. The van der Waals surface area contributed by atoms with E-state index in [1.54, 1.807) is 0 Å². The second-order valence-corrected chi connectivity index (χ2v) is 10.2. The Morgan fingerprint density at radius 2 is 1.82 bits per heavy atom. The molecule has 0 saturated carbocycles. The molecule has 1 atom stereocenters. The lowest BCUT2D eigenvalue weighted by Crippen LogP contribution is -2.54. The lowest BCUT2D eigenvalue weighted by atomic mass is 9.95. The van der Waals surface area contributed by atoms with Crippen LogP contribution in [0.2, 0.25) is 0 Å². The Hall–Kier alpha value is -1.01. The smallest absolute Gasteiger partial charge is 0.254 e. The summed E-state index contributed by atoms with van der Waals surface area (Å²) in [5.74, 6) is 1.57. The summed E-state index contributed by atoms with van der Waals surface area (Å²) in [5, 5.41) is 0. The second-order valence-electron chi connectivity index (χ2n) is 7.83. The number of hydrogen-bond acceptors (Lipinski definition) is 3. The molecular formula is C22H31BrN2O2S. The van der Waals surface area contributed by atoms with Crippen LogP contribution in [0.25, 0.3) is 0 Å². The van der Waals surface area contributed by atoms with Crippen molar-refractivity contribution < 1.29 is 9.59 Å². The summed E-state index contributed by atoms with van der Waals surface area (Å²) in [5.41, 5.74) is 0.745. The molecule has 2 fully saturated rings. The maximum absolute atomic E-state index is 13.1. The van der Waals surface area contributed by atoms with E-state index in [0.29, 0.717) is 5.91 Å². The molecule has 2 aliphatic heterocycles. The number of benzene rings is 1. The van der Waals surface area contributed by atoms with Gasteiger partial charge in [0.25, 0.3) is 5.91 Å². The van der Waals surface area contributed by atoms with Gasteiger partial charge in [-0.15, -0.1) is 11.8 Å². The van der Waals surface area contributed by atoms with Gasteiger partial charge < -0.3 is 9.80 Å². The van der Waals surface area contributed by atoms with Crippen molar-refractivity contribution >= 4 is 39.5 Å². The van der Waals surface area contributed by atoms with E-state index in [0.717, 1.165) is 73.9 Å². The van der Waals surface area contributed by atoms with E-state index < -0.39 is 0 Å². The molecule has 4 nitrogen and oxygen atoms in total. The van der Waals surface area contributed by atoms with E-state index in [-0.39, 0.29) is 16.7 Å². The Labute approximate surface area is 181 Å². The molecule has 6 heteroatoms. The maximum atomic E-state index is 13.1. The van der Waals surface area contributed by atoms with Crippen LogP contribution < -0.4 is 0 Å². The largest absolute Gasteiger partial charge is 0.342 e. The molecule has 0 radical (unpaired) electrons. The Morgan fingerprint density at radius 3 is 2.43 bits per heavy atom. The van der Waals surface area contributed by atoms with Gasteiger partial charge in [0.1, 0.15) is 0 Å². The third-order valence-electron chi connectivity index (χ3n) is 6.12. The van der Waals surface area contributed by atoms with Crippen molar-refractivity contribution in [3.05, 3.63) is 34.3 Å². The number of amides is 2. The number of carbonyl (C=O) groups excluding carboxylic acids is 2. The fourth-order valence-electron chi connectivity index (χ4n) is 4.35. The van der Waals surface area contributed by atoms with Crippen LogP contribution in [0.3, 0.4) is 0 Å². The maximum Gasteiger partial charge on any atom is 0.254 e. The van der Waals surface area contributed by atoms with Crippen LogP contribution in [0.15, 0.2) is 28.7 Å². The van der Waals surface area contributed by atoms with Gasteiger partial charge in [0.05, 0.1) is 4.87 Å². The fourth-order valence-corrected chi connectivity index (χ4v) is 6.06. The molecule has 28 heavy (non-hydrogen) atoms. The van der Waals surface area contributed by atoms with Gasteiger partial charge in [-0.05, 0) is 49.9 Å². The van der Waals surface area contributed by atoms with Gasteiger partial charge in [-0.1, -0.05) is 42.6 Å². The Morgan fingerprint density at radius 1 is 1.14 bits per heavy atom. The number of unbranched alkanes of at least 4 members (excludes halogenated alkanes) is 1. The Balaban J connectivity index is 1.65. The van der Waals surface area contributed by atoms with E-state index in [2.05, 4.69) is 39.6 Å². The summed E-state index contributed by atoms with van der Waals surface area (Å²) in [6.07, 6.45) is 5.91. The first kappa shape index (κ1) is 21.7. The van der Waals surface area contributed by atoms with Crippen LogP contribution in [0, 0.1) is 5.92 Å². The van der Waals surface area contributed by atoms with Crippen molar-refractivity contribution in [1.82, 2.24) is 9.80 Å². The van der Waals surface area contributed by atoms with Crippen LogP contribution >= 0.6 is 27.7 Å². The number of likely N-dealkylation sites (tertiary alicyclic amines) is 1. The van der Waals surface area contributed by atoms with Gasteiger partial charge >= 0.3 is 0 Å². The zero-order chi connectivity index (χ0) is 20.1. The van der Waals surface area contributed by atoms with Gasteiger partial charge in [0, 0.05) is 41.3 Å². The molecule has 1 aromatic carbocycles. The molecule has 154 valence electrons. The van der Waals surface area contributed by atoms with Crippen LogP contribution in [-0.4, -0.2) is 51.9 Å². The fraction of sp³-hybridized carbons (Fsp3) is 0.636. The molecule has 3 rings (SSSR count).